The number of methoxy groups -OCH3 is 2. The molecular formula is C26H37NO4. The van der Waals surface area contributed by atoms with Crippen LogP contribution in [0.5, 0.6) is 11.5 Å². The molecule has 0 amide bonds. The van der Waals surface area contributed by atoms with Crippen LogP contribution in [0.4, 0.5) is 0 Å². The molecule has 170 valence electrons. The number of hydrogen-bond donors (Lipinski definition) is 1. The van der Waals surface area contributed by atoms with Crippen LogP contribution in [0, 0.1) is 0 Å². The van der Waals surface area contributed by atoms with Gasteiger partial charge in [0.05, 0.1) is 20.8 Å². The van der Waals surface area contributed by atoms with Crippen molar-refractivity contribution in [2.24, 2.45) is 0 Å². The fourth-order valence-corrected chi connectivity index (χ4v) is 3.81. The molecular weight excluding hydrogens is 390 g/mol. The Hall–Kier alpha value is -2.50. The number of para-hydroxylation sites is 1. The van der Waals surface area contributed by atoms with E-state index in [9.17, 15) is 5.11 Å². The first-order chi connectivity index (χ1) is 14.7. The fraction of sp³-hybridized carbons (Fsp3) is 0.462. The Morgan fingerprint density at radius 3 is 2.23 bits per heavy atom. The molecule has 0 aliphatic carbocycles. The van der Waals surface area contributed by atoms with Gasteiger partial charge in [0.2, 0.25) is 0 Å². The minimum atomic E-state index is -1.25. The van der Waals surface area contributed by atoms with Crippen molar-refractivity contribution in [2.45, 2.75) is 59.7 Å². The predicted octanol–water partition coefficient (Wildman–Crippen LogP) is 5.83. The highest BCUT2D eigenvalue weighted by molar-refractivity contribution is 5.46. The molecule has 0 saturated carbocycles. The second-order valence-corrected chi connectivity index (χ2v) is 8.40. The number of nitrogens with zero attached hydrogens (tertiary/aromatic N) is 1. The summed E-state index contributed by atoms with van der Waals surface area (Å²) in [7, 11) is 3.31. The number of hydrogen-bond acceptors (Lipinski definition) is 5. The summed E-state index contributed by atoms with van der Waals surface area (Å²) in [5, 5.41) is 11.2. The first-order valence-corrected chi connectivity index (χ1v) is 10.8. The van der Waals surface area contributed by atoms with E-state index in [0.717, 1.165) is 46.9 Å². The highest BCUT2D eigenvalue weighted by atomic mass is 16.5. The third kappa shape index (κ3) is 6.74. The Balaban J connectivity index is 2.29. The number of ether oxygens (including phenoxy) is 2. The minimum Gasteiger partial charge on any atom is -0.493 e. The summed E-state index contributed by atoms with van der Waals surface area (Å²) in [6.45, 7) is 12.3. The minimum absolute atomic E-state index is 0.528. The van der Waals surface area contributed by atoms with Gasteiger partial charge in [0.15, 0.2) is 17.1 Å². The molecule has 0 aliphatic heterocycles. The summed E-state index contributed by atoms with van der Waals surface area (Å²) in [6.07, 6.45) is 4.67. The maximum Gasteiger partial charge on any atom is 0.165 e. The van der Waals surface area contributed by atoms with E-state index in [2.05, 4.69) is 17.9 Å². The highest BCUT2D eigenvalue weighted by Crippen LogP contribution is 2.33. The SMILES string of the molecule is CCCN(Cc1ccc(C(O)(C=C(C)C)C=C(C)C)o1)Cc1cccc(OC)c1OC. The third-order valence-electron chi connectivity index (χ3n) is 4.87. The van der Waals surface area contributed by atoms with Gasteiger partial charge in [-0.15, -0.1) is 0 Å². The van der Waals surface area contributed by atoms with Gasteiger partial charge >= 0.3 is 0 Å². The van der Waals surface area contributed by atoms with Crippen LogP contribution < -0.4 is 9.47 Å². The van der Waals surface area contributed by atoms with E-state index in [4.69, 9.17) is 13.9 Å². The van der Waals surface area contributed by atoms with Gasteiger partial charge < -0.3 is 19.0 Å². The Morgan fingerprint density at radius 2 is 1.68 bits per heavy atom. The molecule has 0 spiro atoms. The maximum atomic E-state index is 11.2. The van der Waals surface area contributed by atoms with Crippen LogP contribution in [0.1, 0.15) is 58.1 Å². The van der Waals surface area contributed by atoms with Crippen LogP contribution in [-0.2, 0) is 18.7 Å². The first kappa shape index (κ1) is 24.8. The summed E-state index contributed by atoms with van der Waals surface area (Å²) in [5.74, 6) is 2.83. The van der Waals surface area contributed by atoms with E-state index < -0.39 is 5.60 Å². The van der Waals surface area contributed by atoms with Crippen molar-refractivity contribution in [1.82, 2.24) is 4.90 Å². The van der Waals surface area contributed by atoms with Crippen molar-refractivity contribution < 1.29 is 19.0 Å². The summed E-state index contributed by atoms with van der Waals surface area (Å²) < 4.78 is 17.2. The molecule has 0 radical (unpaired) electrons. The Kier molecular flexibility index (Phi) is 8.96. The van der Waals surface area contributed by atoms with Crippen molar-refractivity contribution in [3.63, 3.8) is 0 Å². The lowest BCUT2D eigenvalue weighted by Crippen LogP contribution is -2.24. The summed E-state index contributed by atoms with van der Waals surface area (Å²) in [5.41, 5.74) is 1.86. The molecule has 1 aromatic heterocycles. The van der Waals surface area contributed by atoms with Crippen molar-refractivity contribution >= 4 is 0 Å². The molecule has 0 atom stereocenters. The molecule has 1 heterocycles. The third-order valence-corrected chi connectivity index (χ3v) is 4.87. The Labute approximate surface area is 187 Å². The first-order valence-electron chi connectivity index (χ1n) is 10.8. The molecule has 0 bridgehead atoms. The average molecular weight is 428 g/mol. The predicted molar refractivity (Wildman–Crippen MR) is 125 cm³/mol. The fourth-order valence-electron chi connectivity index (χ4n) is 3.81. The van der Waals surface area contributed by atoms with Crippen LogP contribution in [0.15, 0.2) is 58.0 Å². The molecule has 1 N–H and O–H groups in total. The Morgan fingerprint density at radius 1 is 1.00 bits per heavy atom. The molecule has 2 rings (SSSR count). The van der Waals surface area contributed by atoms with Gasteiger partial charge in [-0.1, -0.05) is 30.2 Å². The van der Waals surface area contributed by atoms with Gasteiger partial charge in [0.25, 0.3) is 0 Å². The van der Waals surface area contributed by atoms with E-state index >= 15 is 0 Å². The number of furan rings is 1. The topological polar surface area (TPSA) is 55.1 Å². The molecule has 1 aromatic carbocycles. The second-order valence-electron chi connectivity index (χ2n) is 8.40. The number of rotatable bonds is 11. The highest BCUT2D eigenvalue weighted by Gasteiger charge is 2.28. The quantitative estimate of drug-likeness (QED) is 0.457. The monoisotopic (exact) mass is 427 g/mol. The van der Waals surface area contributed by atoms with Crippen molar-refractivity contribution in [2.75, 3.05) is 20.8 Å². The van der Waals surface area contributed by atoms with Gasteiger partial charge in [-0.25, -0.2) is 0 Å². The zero-order valence-electron chi connectivity index (χ0n) is 20.0. The van der Waals surface area contributed by atoms with E-state index in [-0.39, 0.29) is 0 Å². The molecule has 5 heteroatoms. The van der Waals surface area contributed by atoms with Crippen LogP contribution in [-0.4, -0.2) is 30.8 Å². The molecule has 31 heavy (non-hydrogen) atoms. The summed E-state index contributed by atoms with van der Waals surface area (Å²) in [4.78, 5) is 2.31. The Bertz CT molecular complexity index is 884. The zero-order chi connectivity index (χ0) is 23.0. The number of allylic oxidation sites excluding steroid dienone is 2. The smallest absolute Gasteiger partial charge is 0.165 e. The van der Waals surface area contributed by atoms with Crippen LogP contribution in [0.3, 0.4) is 0 Å². The van der Waals surface area contributed by atoms with E-state index in [1.54, 1.807) is 14.2 Å². The molecule has 0 fully saturated rings. The molecule has 5 nitrogen and oxygen atoms in total. The van der Waals surface area contributed by atoms with Crippen molar-refractivity contribution in [1.29, 1.82) is 0 Å². The van der Waals surface area contributed by atoms with Crippen LogP contribution in [0.2, 0.25) is 0 Å². The van der Waals surface area contributed by atoms with E-state index in [1.807, 2.05) is 64.1 Å². The summed E-state index contributed by atoms with van der Waals surface area (Å²) >= 11 is 0. The molecule has 0 aliphatic rings. The molecule has 0 saturated heterocycles. The maximum absolute atomic E-state index is 11.2. The lowest BCUT2D eigenvalue weighted by atomic mass is 9.95. The van der Waals surface area contributed by atoms with Crippen molar-refractivity contribution in [3.05, 3.63) is 70.7 Å². The van der Waals surface area contributed by atoms with Crippen molar-refractivity contribution in [3.8, 4) is 11.5 Å². The zero-order valence-corrected chi connectivity index (χ0v) is 20.0. The van der Waals surface area contributed by atoms with E-state index in [1.165, 1.54) is 0 Å². The van der Waals surface area contributed by atoms with Gasteiger partial charge in [-0.2, -0.15) is 0 Å². The molecule has 0 unspecified atom stereocenters. The van der Waals surface area contributed by atoms with Gasteiger partial charge in [-0.05, 0) is 71.0 Å². The van der Waals surface area contributed by atoms with Gasteiger partial charge in [0, 0.05) is 12.1 Å². The van der Waals surface area contributed by atoms with E-state index in [0.29, 0.717) is 18.8 Å². The van der Waals surface area contributed by atoms with Gasteiger partial charge in [0.1, 0.15) is 11.5 Å². The number of benzene rings is 1. The normalized spacial score (nSPS) is 11.4. The lowest BCUT2D eigenvalue weighted by molar-refractivity contribution is 0.109. The lowest BCUT2D eigenvalue weighted by Gasteiger charge is -2.23. The average Bonchev–Trinajstić information content (AvgIpc) is 3.16. The summed E-state index contributed by atoms with van der Waals surface area (Å²) in [6, 6.07) is 9.75. The van der Waals surface area contributed by atoms with Crippen LogP contribution in [0.25, 0.3) is 0 Å². The standard InChI is InChI=1S/C26H37NO4/c1-8-14-27(17-21-10-9-11-23(29-6)25(21)30-7)18-22-12-13-24(31-22)26(28,15-19(2)3)16-20(4)5/h9-13,15-16,28H,8,14,17-18H2,1-7H3. The number of aliphatic hydroxyl groups is 1. The second kappa shape index (κ2) is 11.2. The van der Waals surface area contributed by atoms with Gasteiger partial charge in [-0.3, -0.25) is 4.90 Å². The van der Waals surface area contributed by atoms with Crippen LogP contribution >= 0.6 is 0 Å². The molecule has 2 aromatic rings. The largest absolute Gasteiger partial charge is 0.493 e.